The number of nitrogens with zero attached hydrogens (tertiary/aromatic N) is 1. The third-order valence-electron chi connectivity index (χ3n) is 4.36. The molecule has 0 aromatic rings. The van der Waals surface area contributed by atoms with Gasteiger partial charge in [0.25, 0.3) is 5.91 Å². The number of amides is 2. The van der Waals surface area contributed by atoms with Gasteiger partial charge in [0.15, 0.2) is 0 Å². The van der Waals surface area contributed by atoms with Gasteiger partial charge >= 0.3 is 0 Å². The van der Waals surface area contributed by atoms with Crippen molar-refractivity contribution in [3.05, 3.63) is 60.0 Å². The second-order valence-corrected chi connectivity index (χ2v) is 6.84. The SMILES string of the molecule is C=C/C=C1/C(=O)N(C2CCC(=C)NC2=O)C(=C)/C1=C(/C)CC(C)C.CC. The van der Waals surface area contributed by atoms with Gasteiger partial charge in [0.1, 0.15) is 6.04 Å². The molecular weight excluding hydrogens is 324 g/mol. The molecule has 2 fully saturated rings. The Morgan fingerprint density at radius 2 is 1.92 bits per heavy atom. The van der Waals surface area contributed by atoms with Gasteiger partial charge in [-0.05, 0) is 38.2 Å². The highest BCUT2D eigenvalue weighted by molar-refractivity contribution is 6.07. The zero-order valence-electron chi connectivity index (χ0n) is 16.8. The predicted molar refractivity (Wildman–Crippen MR) is 108 cm³/mol. The summed E-state index contributed by atoms with van der Waals surface area (Å²) in [6, 6.07) is -0.534. The molecule has 1 unspecified atom stereocenters. The summed E-state index contributed by atoms with van der Waals surface area (Å²) < 4.78 is 0. The summed E-state index contributed by atoms with van der Waals surface area (Å²) in [4.78, 5) is 26.8. The Labute approximate surface area is 158 Å². The first kappa shape index (κ1) is 21.7. The van der Waals surface area contributed by atoms with E-state index >= 15 is 0 Å². The molecule has 0 aromatic heterocycles. The van der Waals surface area contributed by atoms with E-state index in [0.29, 0.717) is 35.7 Å². The van der Waals surface area contributed by atoms with E-state index in [1.165, 1.54) is 4.90 Å². The molecule has 2 rings (SSSR count). The van der Waals surface area contributed by atoms with Crippen LogP contribution in [0.3, 0.4) is 0 Å². The Morgan fingerprint density at radius 3 is 2.42 bits per heavy atom. The molecule has 0 aromatic carbocycles. The highest BCUT2D eigenvalue weighted by Gasteiger charge is 2.42. The minimum atomic E-state index is -0.534. The van der Waals surface area contributed by atoms with Gasteiger partial charge in [-0.1, -0.05) is 59.1 Å². The van der Waals surface area contributed by atoms with E-state index < -0.39 is 6.04 Å². The van der Waals surface area contributed by atoms with E-state index in [0.717, 1.165) is 17.6 Å². The van der Waals surface area contributed by atoms with Gasteiger partial charge in [0, 0.05) is 22.5 Å². The Bertz CT molecular complexity index is 680. The molecule has 142 valence electrons. The van der Waals surface area contributed by atoms with Crippen molar-refractivity contribution in [2.45, 2.75) is 59.9 Å². The summed E-state index contributed by atoms with van der Waals surface area (Å²) in [6.45, 7) is 21.9. The zero-order valence-corrected chi connectivity index (χ0v) is 16.8. The lowest BCUT2D eigenvalue weighted by atomic mass is 9.94. The third-order valence-corrected chi connectivity index (χ3v) is 4.36. The smallest absolute Gasteiger partial charge is 0.259 e. The molecule has 0 aliphatic carbocycles. The maximum atomic E-state index is 12.9. The summed E-state index contributed by atoms with van der Waals surface area (Å²) in [7, 11) is 0. The standard InChI is InChI=1S/C20H26N2O2.C2H6/c1-7-8-16-18(13(4)11-12(2)3)15(6)22(20(16)24)17-10-9-14(5)21-19(17)23;1-2/h7-8,12,17H,1,5-6,9-11H2,2-4H3,(H,21,23);1-2H3/b16-8+,18-13+;. The fourth-order valence-electron chi connectivity index (χ4n) is 3.44. The highest BCUT2D eigenvalue weighted by atomic mass is 16.2. The Hall–Kier alpha value is -2.36. The van der Waals surface area contributed by atoms with Crippen molar-refractivity contribution in [3.63, 3.8) is 0 Å². The van der Waals surface area contributed by atoms with Crippen molar-refractivity contribution in [2.75, 3.05) is 0 Å². The molecule has 0 bridgehead atoms. The number of likely N-dealkylation sites (tertiary alicyclic amines) is 1. The maximum Gasteiger partial charge on any atom is 0.259 e. The molecule has 0 spiro atoms. The van der Waals surface area contributed by atoms with E-state index in [-0.39, 0.29) is 11.8 Å². The topological polar surface area (TPSA) is 49.4 Å². The molecule has 4 nitrogen and oxygen atoms in total. The number of hydrogen-bond donors (Lipinski definition) is 1. The number of carbonyl (C=O) groups excluding carboxylic acids is 2. The van der Waals surface area contributed by atoms with Crippen LogP contribution in [0.1, 0.15) is 53.9 Å². The zero-order chi connectivity index (χ0) is 20.0. The Kier molecular flexibility index (Phi) is 7.81. The summed E-state index contributed by atoms with van der Waals surface area (Å²) in [5, 5.41) is 2.75. The minimum Gasteiger partial charge on any atom is -0.329 e. The number of nitrogens with one attached hydrogen (secondary N) is 1. The van der Waals surface area contributed by atoms with Crippen LogP contribution in [-0.2, 0) is 9.59 Å². The van der Waals surface area contributed by atoms with Crippen LogP contribution in [0.15, 0.2) is 60.0 Å². The number of hydrogen-bond acceptors (Lipinski definition) is 2. The molecule has 26 heavy (non-hydrogen) atoms. The van der Waals surface area contributed by atoms with Crippen LogP contribution in [0, 0.1) is 5.92 Å². The largest absolute Gasteiger partial charge is 0.329 e. The van der Waals surface area contributed by atoms with Crippen LogP contribution >= 0.6 is 0 Å². The number of rotatable bonds is 4. The summed E-state index contributed by atoms with van der Waals surface area (Å²) in [5.41, 5.74) is 3.84. The van der Waals surface area contributed by atoms with Crippen molar-refractivity contribution in [1.82, 2.24) is 10.2 Å². The first-order valence-electron chi connectivity index (χ1n) is 9.32. The average molecular weight is 357 g/mol. The quantitative estimate of drug-likeness (QED) is 0.746. The van der Waals surface area contributed by atoms with Gasteiger partial charge < -0.3 is 5.32 Å². The highest BCUT2D eigenvalue weighted by Crippen LogP contribution is 2.39. The first-order valence-corrected chi connectivity index (χ1v) is 9.32. The number of carbonyl (C=O) groups is 2. The Balaban J connectivity index is 0.00000163. The van der Waals surface area contributed by atoms with E-state index in [9.17, 15) is 9.59 Å². The lowest BCUT2D eigenvalue weighted by Gasteiger charge is -2.31. The summed E-state index contributed by atoms with van der Waals surface area (Å²) in [5.74, 6) is 0.105. The molecular formula is C22H32N2O2. The van der Waals surface area contributed by atoms with Gasteiger partial charge in [-0.15, -0.1) is 0 Å². The van der Waals surface area contributed by atoms with Gasteiger partial charge in [-0.25, -0.2) is 0 Å². The van der Waals surface area contributed by atoms with Crippen molar-refractivity contribution < 1.29 is 9.59 Å². The minimum absolute atomic E-state index is 0.175. The van der Waals surface area contributed by atoms with Crippen LogP contribution in [0.25, 0.3) is 0 Å². The average Bonchev–Trinajstić information content (AvgIpc) is 2.80. The van der Waals surface area contributed by atoms with Crippen LogP contribution in [-0.4, -0.2) is 22.8 Å². The molecule has 0 radical (unpaired) electrons. The third kappa shape index (κ3) is 4.43. The lowest BCUT2D eigenvalue weighted by molar-refractivity contribution is -0.135. The van der Waals surface area contributed by atoms with Gasteiger partial charge in [0.05, 0.1) is 0 Å². The maximum absolute atomic E-state index is 12.9. The summed E-state index contributed by atoms with van der Waals surface area (Å²) in [6.07, 6.45) is 5.42. The molecule has 2 aliphatic heterocycles. The fraction of sp³-hybridized carbons (Fsp3) is 0.455. The second kappa shape index (κ2) is 9.37. The van der Waals surface area contributed by atoms with Gasteiger partial charge in [0.2, 0.25) is 5.91 Å². The molecule has 2 heterocycles. The molecule has 1 atom stereocenters. The van der Waals surface area contributed by atoms with Crippen molar-refractivity contribution >= 4 is 11.8 Å². The van der Waals surface area contributed by atoms with E-state index in [2.05, 4.69) is 38.9 Å². The predicted octanol–water partition coefficient (Wildman–Crippen LogP) is 4.64. The van der Waals surface area contributed by atoms with Crippen molar-refractivity contribution in [1.29, 1.82) is 0 Å². The molecule has 0 saturated carbocycles. The molecule has 2 saturated heterocycles. The molecule has 4 heteroatoms. The van der Waals surface area contributed by atoms with Crippen molar-refractivity contribution in [2.24, 2.45) is 5.92 Å². The van der Waals surface area contributed by atoms with Crippen LogP contribution < -0.4 is 5.32 Å². The molecule has 2 amide bonds. The van der Waals surface area contributed by atoms with Gasteiger partial charge in [-0.3, -0.25) is 14.5 Å². The van der Waals surface area contributed by atoms with E-state index in [1.54, 1.807) is 12.2 Å². The van der Waals surface area contributed by atoms with Crippen LogP contribution in [0.4, 0.5) is 0 Å². The first-order chi connectivity index (χ1) is 12.3. The number of allylic oxidation sites excluding steroid dienone is 5. The van der Waals surface area contributed by atoms with Crippen LogP contribution in [0.2, 0.25) is 0 Å². The normalized spacial score (nSPS) is 23.8. The monoisotopic (exact) mass is 356 g/mol. The Morgan fingerprint density at radius 1 is 1.31 bits per heavy atom. The lowest BCUT2D eigenvalue weighted by Crippen LogP contribution is -2.49. The van der Waals surface area contributed by atoms with Crippen molar-refractivity contribution in [3.8, 4) is 0 Å². The van der Waals surface area contributed by atoms with Gasteiger partial charge in [-0.2, -0.15) is 0 Å². The fourth-order valence-corrected chi connectivity index (χ4v) is 3.44. The second-order valence-electron chi connectivity index (χ2n) is 6.84. The molecule has 1 N–H and O–H groups in total. The van der Waals surface area contributed by atoms with E-state index in [1.807, 2.05) is 20.8 Å². The summed E-state index contributed by atoms with van der Waals surface area (Å²) >= 11 is 0. The molecule has 2 aliphatic rings. The van der Waals surface area contributed by atoms with Crippen LogP contribution in [0.5, 0.6) is 0 Å². The number of piperidine rings is 1. The van der Waals surface area contributed by atoms with E-state index in [4.69, 9.17) is 0 Å².